The standard InChI is InChI=1S/C9H15N3O/c1-8(11-5-6-13-2)9-7-10-3-4-12-9/h3-4,7-8,11H,5-6H2,1-2H3. The summed E-state index contributed by atoms with van der Waals surface area (Å²) in [6.07, 6.45) is 5.14. The normalized spacial score (nSPS) is 12.8. The molecule has 13 heavy (non-hydrogen) atoms. The summed E-state index contributed by atoms with van der Waals surface area (Å²) in [4.78, 5) is 8.19. The highest BCUT2D eigenvalue weighted by molar-refractivity contribution is 5.00. The van der Waals surface area contributed by atoms with E-state index >= 15 is 0 Å². The van der Waals surface area contributed by atoms with E-state index in [0.717, 1.165) is 12.2 Å². The Hall–Kier alpha value is -1.00. The number of nitrogens with one attached hydrogen (secondary N) is 1. The molecule has 0 saturated heterocycles. The number of ether oxygens (including phenoxy) is 1. The lowest BCUT2D eigenvalue weighted by Gasteiger charge is -2.11. The highest BCUT2D eigenvalue weighted by atomic mass is 16.5. The first-order chi connectivity index (χ1) is 6.34. The van der Waals surface area contributed by atoms with Gasteiger partial charge >= 0.3 is 0 Å². The predicted octanol–water partition coefficient (Wildman–Crippen LogP) is 0.774. The molecule has 4 heteroatoms. The van der Waals surface area contributed by atoms with Gasteiger partial charge in [0.1, 0.15) is 0 Å². The summed E-state index contributed by atoms with van der Waals surface area (Å²) in [5, 5.41) is 3.27. The summed E-state index contributed by atoms with van der Waals surface area (Å²) in [6, 6.07) is 0.226. The Morgan fingerprint density at radius 3 is 3.00 bits per heavy atom. The third-order valence-corrected chi connectivity index (χ3v) is 1.78. The lowest BCUT2D eigenvalue weighted by Crippen LogP contribution is -2.23. The van der Waals surface area contributed by atoms with Crippen LogP contribution in [-0.2, 0) is 4.74 Å². The van der Waals surface area contributed by atoms with Crippen molar-refractivity contribution in [2.24, 2.45) is 0 Å². The maximum Gasteiger partial charge on any atom is 0.0753 e. The van der Waals surface area contributed by atoms with Gasteiger partial charge in [-0.2, -0.15) is 0 Å². The molecule has 1 aromatic rings. The number of hydrogen-bond donors (Lipinski definition) is 1. The van der Waals surface area contributed by atoms with Crippen molar-refractivity contribution in [1.82, 2.24) is 15.3 Å². The molecule has 0 radical (unpaired) electrons. The monoisotopic (exact) mass is 181 g/mol. The van der Waals surface area contributed by atoms with E-state index in [1.165, 1.54) is 0 Å². The molecule has 0 saturated carbocycles. The Balaban J connectivity index is 2.35. The molecule has 0 aliphatic heterocycles. The van der Waals surface area contributed by atoms with Crippen LogP contribution in [0.4, 0.5) is 0 Å². The fourth-order valence-electron chi connectivity index (χ4n) is 1.02. The zero-order valence-corrected chi connectivity index (χ0v) is 8.03. The molecule has 0 aromatic carbocycles. The van der Waals surface area contributed by atoms with Gasteiger partial charge in [-0.3, -0.25) is 9.97 Å². The van der Waals surface area contributed by atoms with Crippen LogP contribution < -0.4 is 5.32 Å². The van der Waals surface area contributed by atoms with Crippen molar-refractivity contribution in [3.8, 4) is 0 Å². The van der Waals surface area contributed by atoms with Crippen molar-refractivity contribution in [3.63, 3.8) is 0 Å². The van der Waals surface area contributed by atoms with Crippen molar-refractivity contribution >= 4 is 0 Å². The van der Waals surface area contributed by atoms with Crippen LogP contribution in [0, 0.1) is 0 Å². The Labute approximate surface area is 78.4 Å². The minimum Gasteiger partial charge on any atom is -0.383 e. The summed E-state index contributed by atoms with van der Waals surface area (Å²) < 4.78 is 4.93. The van der Waals surface area contributed by atoms with Gasteiger partial charge in [0.2, 0.25) is 0 Å². The summed E-state index contributed by atoms with van der Waals surface area (Å²) in [7, 11) is 1.69. The van der Waals surface area contributed by atoms with E-state index in [4.69, 9.17) is 4.74 Å². The molecule has 1 unspecified atom stereocenters. The van der Waals surface area contributed by atoms with Crippen molar-refractivity contribution in [2.75, 3.05) is 20.3 Å². The minimum absolute atomic E-state index is 0.226. The molecular weight excluding hydrogens is 166 g/mol. The van der Waals surface area contributed by atoms with Crippen molar-refractivity contribution in [3.05, 3.63) is 24.3 Å². The summed E-state index contributed by atoms with van der Waals surface area (Å²) in [5.41, 5.74) is 0.957. The molecule has 0 fully saturated rings. The van der Waals surface area contributed by atoms with E-state index in [-0.39, 0.29) is 6.04 Å². The third kappa shape index (κ3) is 3.48. The molecule has 0 aliphatic rings. The summed E-state index contributed by atoms with van der Waals surface area (Å²) >= 11 is 0. The lowest BCUT2D eigenvalue weighted by molar-refractivity contribution is 0.196. The molecule has 0 spiro atoms. The average Bonchev–Trinajstić information content (AvgIpc) is 2.19. The number of hydrogen-bond acceptors (Lipinski definition) is 4. The van der Waals surface area contributed by atoms with Crippen LogP contribution in [0.3, 0.4) is 0 Å². The maximum absolute atomic E-state index is 4.93. The minimum atomic E-state index is 0.226. The molecule has 1 aromatic heterocycles. The van der Waals surface area contributed by atoms with E-state index in [1.54, 1.807) is 25.7 Å². The van der Waals surface area contributed by atoms with Gasteiger partial charge in [0.05, 0.1) is 12.3 Å². The topological polar surface area (TPSA) is 47.0 Å². The van der Waals surface area contributed by atoms with Gasteiger partial charge in [0.15, 0.2) is 0 Å². The largest absolute Gasteiger partial charge is 0.383 e. The van der Waals surface area contributed by atoms with Crippen LogP contribution >= 0.6 is 0 Å². The SMILES string of the molecule is COCCNC(C)c1cnccn1. The quantitative estimate of drug-likeness (QED) is 0.682. The van der Waals surface area contributed by atoms with E-state index in [0.29, 0.717) is 6.61 Å². The highest BCUT2D eigenvalue weighted by Gasteiger charge is 2.04. The molecule has 1 rings (SSSR count). The average molecular weight is 181 g/mol. The first-order valence-corrected chi connectivity index (χ1v) is 4.33. The van der Waals surface area contributed by atoms with E-state index < -0.39 is 0 Å². The predicted molar refractivity (Wildman–Crippen MR) is 50.3 cm³/mol. The zero-order chi connectivity index (χ0) is 9.52. The number of rotatable bonds is 5. The Kier molecular flexibility index (Phi) is 4.35. The Morgan fingerprint density at radius 1 is 1.54 bits per heavy atom. The molecule has 1 N–H and O–H groups in total. The van der Waals surface area contributed by atoms with Crippen molar-refractivity contribution in [2.45, 2.75) is 13.0 Å². The molecular formula is C9H15N3O. The van der Waals surface area contributed by atoms with Gasteiger partial charge in [0.25, 0.3) is 0 Å². The van der Waals surface area contributed by atoms with Gasteiger partial charge in [-0.1, -0.05) is 0 Å². The first-order valence-electron chi connectivity index (χ1n) is 4.33. The molecule has 0 aliphatic carbocycles. The second kappa shape index (κ2) is 5.61. The molecule has 0 amide bonds. The van der Waals surface area contributed by atoms with Crippen LogP contribution in [0.2, 0.25) is 0 Å². The Bertz CT molecular complexity index is 228. The van der Waals surface area contributed by atoms with Gasteiger partial charge in [-0.25, -0.2) is 0 Å². The van der Waals surface area contributed by atoms with E-state index in [1.807, 2.05) is 0 Å². The van der Waals surface area contributed by atoms with Gasteiger partial charge in [-0.15, -0.1) is 0 Å². The maximum atomic E-state index is 4.93. The number of aromatic nitrogens is 2. The van der Waals surface area contributed by atoms with Gasteiger partial charge in [-0.05, 0) is 6.92 Å². The lowest BCUT2D eigenvalue weighted by atomic mass is 10.2. The smallest absolute Gasteiger partial charge is 0.0753 e. The van der Waals surface area contributed by atoms with Crippen molar-refractivity contribution < 1.29 is 4.74 Å². The fraction of sp³-hybridized carbons (Fsp3) is 0.556. The zero-order valence-electron chi connectivity index (χ0n) is 8.03. The van der Waals surface area contributed by atoms with E-state index in [2.05, 4.69) is 22.2 Å². The molecule has 1 atom stereocenters. The molecule has 1 heterocycles. The number of nitrogens with zero attached hydrogens (tertiary/aromatic N) is 2. The fourth-order valence-corrected chi connectivity index (χ4v) is 1.02. The highest BCUT2D eigenvalue weighted by Crippen LogP contribution is 2.05. The van der Waals surface area contributed by atoms with E-state index in [9.17, 15) is 0 Å². The third-order valence-electron chi connectivity index (χ3n) is 1.78. The molecule has 4 nitrogen and oxygen atoms in total. The first kappa shape index (κ1) is 10.1. The second-order valence-electron chi connectivity index (χ2n) is 2.80. The van der Waals surface area contributed by atoms with Crippen LogP contribution in [0.15, 0.2) is 18.6 Å². The second-order valence-corrected chi connectivity index (χ2v) is 2.80. The summed E-state index contributed by atoms with van der Waals surface area (Å²) in [6.45, 7) is 3.60. The summed E-state index contributed by atoms with van der Waals surface area (Å²) in [5.74, 6) is 0. The number of methoxy groups -OCH3 is 1. The van der Waals surface area contributed by atoms with Gasteiger partial charge < -0.3 is 10.1 Å². The Morgan fingerprint density at radius 2 is 2.38 bits per heavy atom. The van der Waals surface area contributed by atoms with Crippen LogP contribution in [0.1, 0.15) is 18.7 Å². The van der Waals surface area contributed by atoms with Crippen LogP contribution in [-0.4, -0.2) is 30.2 Å². The molecule has 0 bridgehead atoms. The van der Waals surface area contributed by atoms with Crippen LogP contribution in [0.5, 0.6) is 0 Å². The van der Waals surface area contributed by atoms with Crippen molar-refractivity contribution in [1.29, 1.82) is 0 Å². The molecule has 72 valence electrons. The van der Waals surface area contributed by atoms with Gasteiger partial charge in [0, 0.05) is 38.3 Å². The van der Waals surface area contributed by atoms with Crippen LogP contribution in [0.25, 0.3) is 0 Å².